The van der Waals surface area contributed by atoms with Crippen molar-refractivity contribution in [1.82, 2.24) is 10.3 Å². The van der Waals surface area contributed by atoms with Gasteiger partial charge in [-0.1, -0.05) is 19.9 Å². The van der Waals surface area contributed by atoms with Gasteiger partial charge in [0.05, 0.1) is 12.5 Å². The Morgan fingerprint density at radius 1 is 1.48 bits per heavy atom. The standard InChI is InChI=1S/C14H20F2N2O3/c1-9(2)11(19)6-13(20)18-7-10-4-3-5-17-14(10)21-8-12(15)16/h3-5,9,11-12,19H,6-8H2,1-2H3,(H,18,20). The molecule has 1 heterocycles. The fourth-order valence-electron chi connectivity index (χ4n) is 1.52. The van der Waals surface area contributed by atoms with Crippen LogP contribution in [0.25, 0.3) is 0 Å². The van der Waals surface area contributed by atoms with Crippen molar-refractivity contribution in [2.24, 2.45) is 5.92 Å². The lowest BCUT2D eigenvalue weighted by Crippen LogP contribution is -2.29. The number of nitrogens with zero attached hydrogens (tertiary/aromatic N) is 1. The van der Waals surface area contributed by atoms with Gasteiger partial charge in [0.15, 0.2) is 6.61 Å². The third kappa shape index (κ3) is 6.48. The van der Waals surface area contributed by atoms with E-state index in [1.807, 2.05) is 13.8 Å². The summed E-state index contributed by atoms with van der Waals surface area (Å²) in [5, 5.41) is 12.2. The summed E-state index contributed by atoms with van der Waals surface area (Å²) in [4.78, 5) is 15.5. The summed E-state index contributed by atoms with van der Waals surface area (Å²) in [5.41, 5.74) is 0.505. The lowest BCUT2D eigenvalue weighted by Gasteiger charge is -2.14. The summed E-state index contributed by atoms with van der Waals surface area (Å²) < 4.78 is 29.2. The van der Waals surface area contributed by atoms with Gasteiger partial charge < -0.3 is 15.2 Å². The molecular formula is C14H20F2N2O3. The predicted octanol–water partition coefficient (Wildman–Crippen LogP) is 1.75. The van der Waals surface area contributed by atoms with Crippen LogP contribution in [0, 0.1) is 5.92 Å². The monoisotopic (exact) mass is 302 g/mol. The van der Waals surface area contributed by atoms with E-state index in [1.165, 1.54) is 6.20 Å². The number of pyridine rings is 1. The number of amides is 1. The van der Waals surface area contributed by atoms with E-state index in [0.29, 0.717) is 5.56 Å². The number of carbonyl (C=O) groups is 1. The maximum absolute atomic E-state index is 12.1. The molecule has 0 aliphatic rings. The Kier molecular flexibility index (Phi) is 7.01. The number of halogens is 2. The van der Waals surface area contributed by atoms with Gasteiger partial charge in [-0.15, -0.1) is 0 Å². The number of carbonyl (C=O) groups excluding carboxylic acids is 1. The van der Waals surface area contributed by atoms with Gasteiger partial charge in [0, 0.05) is 18.3 Å². The molecule has 5 nitrogen and oxygen atoms in total. The summed E-state index contributed by atoms with van der Waals surface area (Å²) in [6.07, 6.45) is -1.89. The molecule has 0 saturated heterocycles. The molecule has 0 saturated carbocycles. The summed E-state index contributed by atoms with van der Waals surface area (Å²) in [7, 11) is 0. The Balaban J connectivity index is 2.53. The number of rotatable bonds is 8. The topological polar surface area (TPSA) is 71.5 Å². The van der Waals surface area contributed by atoms with Crippen LogP contribution in [0.5, 0.6) is 5.88 Å². The molecule has 1 aromatic heterocycles. The molecule has 118 valence electrons. The Hall–Kier alpha value is -1.76. The third-order valence-corrected chi connectivity index (χ3v) is 2.84. The van der Waals surface area contributed by atoms with Gasteiger partial charge in [0.25, 0.3) is 6.43 Å². The van der Waals surface area contributed by atoms with E-state index in [9.17, 15) is 18.7 Å². The van der Waals surface area contributed by atoms with E-state index < -0.39 is 19.1 Å². The van der Waals surface area contributed by atoms with Gasteiger partial charge in [-0.25, -0.2) is 13.8 Å². The second-order valence-corrected chi connectivity index (χ2v) is 4.96. The molecule has 2 N–H and O–H groups in total. The molecule has 0 fully saturated rings. The van der Waals surface area contributed by atoms with E-state index in [0.717, 1.165) is 0 Å². The van der Waals surface area contributed by atoms with Gasteiger partial charge >= 0.3 is 0 Å². The molecule has 21 heavy (non-hydrogen) atoms. The zero-order valence-electron chi connectivity index (χ0n) is 12.1. The number of hydrogen-bond acceptors (Lipinski definition) is 4. The van der Waals surface area contributed by atoms with Gasteiger partial charge in [-0.3, -0.25) is 4.79 Å². The molecule has 1 rings (SSSR count). The van der Waals surface area contributed by atoms with Crippen molar-refractivity contribution in [3.8, 4) is 5.88 Å². The van der Waals surface area contributed by atoms with Crippen LogP contribution in [0.4, 0.5) is 8.78 Å². The van der Waals surface area contributed by atoms with Crippen LogP contribution in [0.2, 0.25) is 0 Å². The number of hydrogen-bond donors (Lipinski definition) is 2. The SMILES string of the molecule is CC(C)C(O)CC(=O)NCc1cccnc1OCC(F)F. The minimum Gasteiger partial charge on any atom is -0.471 e. The summed E-state index contributed by atoms with van der Waals surface area (Å²) in [6.45, 7) is 2.99. The average molecular weight is 302 g/mol. The van der Waals surface area contributed by atoms with Gasteiger partial charge in [0.2, 0.25) is 11.8 Å². The van der Waals surface area contributed by atoms with Crippen molar-refractivity contribution in [2.75, 3.05) is 6.61 Å². The van der Waals surface area contributed by atoms with Crippen LogP contribution in [-0.4, -0.2) is 35.1 Å². The van der Waals surface area contributed by atoms with E-state index in [-0.39, 0.29) is 30.7 Å². The molecule has 1 atom stereocenters. The predicted molar refractivity (Wildman–Crippen MR) is 73.0 cm³/mol. The van der Waals surface area contributed by atoms with Crippen LogP contribution in [0.15, 0.2) is 18.3 Å². The van der Waals surface area contributed by atoms with Crippen LogP contribution in [-0.2, 0) is 11.3 Å². The number of alkyl halides is 2. The fourth-order valence-corrected chi connectivity index (χ4v) is 1.52. The zero-order chi connectivity index (χ0) is 15.8. The summed E-state index contributed by atoms with van der Waals surface area (Å²) >= 11 is 0. The normalized spacial score (nSPS) is 12.5. The molecule has 0 aliphatic heterocycles. The van der Waals surface area contributed by atoms with Crippen molar-refractivity contribution < 1.29 is 23.4 Å². The molecule has 0 radical (unpaired) electrons. The van der Waals surface area contributed by atoms with Crippen LogP contribution in [0.3, 0.4) is 0 Å². The molecule has 7 heteroatoms. The molecular weight excluding hydrogens is 282 g/mol. The van der Waals surface area contributed by atoms with Crippen molar-refractivity contribution in [2.45, 2.75) is 39.3 Å². The van der Waals surface area contributed by atoms with E-state index in [2.05, 4.69) is 10.3 Å². The minimum absolute atomic E-state index is 0.00878. The molecule has 1 amide bonds. The second kappa shape index (κ2) is 8.51. The average Bonchev–Trinajstić information content (AvgIpc) is 2.43. The Labute approximate surface area is 122 Å². The first-order chi connectivity index (χ1) is 9.90. The maximum Gasteiger partial charge on any atom is 0.272 e. The number of ether oxygens (including phenoxy) is 1. The van der Waals surface area contributed by atoms with Gasteiger partial charge in [-0.05, 0) is 12.0 Å². The van der Waals surface area contributed by atoms with Crippen molar-refractivity contribution in [3.63, 3.8) is 0 Å². The summed E-state index contributed by atoms with van der Waals surface area (Å²) in [6, 6.07) is 3.26. The Morgan fingerprint density at radius 3 is 2.81 bits per heavy atom. The van der Waals surface area contributed by atoms with Crippen molar-refractivity contribution >= 4 is 5.91 Å². The van der Waals surface area contributed by atoms with Crippen LogP contribution >= 0.6 is 0 Å². The first-order valence-corrected chi connectivity index (χ1v) is 6.69. The van der Waals surface area contributed by atoms with Gasteiger partial charge in [0.1, 0.15) is 0 Å². The molecule has 0 aromatic carbocycles. The highest BCUT2D eigenvalue weighted by Crippen LogP contribution is 2.15. The Bertz CT molecular complexity index is 456. The van der Waals surface area contributed by atoms with E-state index >= 15 is 0 Å². The van der Waals surface area contributed by atoms with Crippen molar-refractivity contribution in [1.29, 1.82) is 0 Å². The number of nitrogens with one attached hydrogen (secondary N) is 1. The van der Waals surface area contributed by atoms with Crippen LogP contribution < -0.4 is 10.1 Å². The molecule has 0 bridgehead atoms. The highest BCUT2D eigenvalue weighted by atomic mass is 19.3. The fraction of sp³-hybridized carbons (Fsp3) is 0.571. The largest absolute Gasteiger partial charge is 0.471 e. The molecule has 1 aromatic rings. The third-order valence-electron chi connectivity index (χ3n) is 2.84. The van der Waals surface area contributed by atoms with E-state index in [1.54, 1.807) is 12.1 Å². The molecule has 0 spiro atoms. The minimum atomic E-state index is -2.59. The number of aliphatic hydroxyl groups excluding tert-OH is 1. The number of aliphatic hydroxyl groups is 1. The lowest BCUT2D eigenvalue weighted by atomic mass is 10.0. The second-order valence-electron chi connectivity index (χ2n) is 4.96. The summed E-state index contributed by atoms with van der Waals surface area (Å²) in [5.74, 6) is -0.263. The zero-order valence-corrected chi connectivity index (χ0v) is 12.1. The first-order valence-electron chi connectivity index (χ1n) is 6.69. The van der Waals surface area contributed by atoms with Crippen LogP contribution in [0.1, 0.15) is 25.8 Å². The van der Waals surface area contributed by atoms with E-state index in [4.69, 9.17) is 4.74 Å². The molecule has 0 aliphatic carbocycles. The van der Waals surface area contributed by atoms with Crippen molar-refractivity contribution in [3.05, 3.63) is 23.9 Å². The highest BCUT2D eigenvalue weighted by molar-refractivity contribution is 5.76. The van der Waals surface area contributed by atoms with Gasteiger partial charge in [-0.2, -0.15) is 0 Å². The first kappa shape index (κ1) is 17.3. The molecule has 1 unspecified atom stereocenters. The Morgan fingerprint density at radius 2 is 2.19 bits per heavy atom. The highest BCUT2D eigenvalue weighted by Gasteiger charge is 2.15. The number of aromatic nitrogens is 1. The smallest absolute Gasteiger partial charge is 0.272 e. The lowest BCUT2D eigenvalue weighted by molar-refractivity contribution is -0.123. The maximum atomic E-state index is 12.1. The quantitative estimate of drug-likeness (QED) is 0.767.